The van der Waals surface area contributed by atoms with Gasteiger partial charge in [-0.05, 0) is 61.0 Å². The third-order valence-electron chi connectivity index (χ3n) is 5.21. The van der Waals surface area contributed by atoms with Crippen molar-refractivity contribution in [1.29, 1.82) is 0 Å². The Balaban J connectivity index is 1.40. The van der Waals surface area contributed by atoms with Crippen LogP contribution in [0.1, 0.15) is 28.1 Å². The van der Waals surface area contributed by atoms with E-state index in [9.17, 15) is 14.7 Å². The number of rotatable bonds is 8. The molecular formula is C21H25Cl2N3O3S. The molecular weight excluding hydrogens is 445 g/mol. The number of halogens is 2. The van der Waals surface area contributed by atoms with Gasteiger partial charge in [0.1, 0.15) is 6.04 Å². The molecule has 0 radical (unpaired) electrons. The van der Waals surface area contributed by atoms with Crippen LogP contribution in [0.2, 0.25) is 10.0 Å². The number of carbonyl (C=O) groups is 2. The maximum absolute atomic E-state index is 12.4. The molecule has 1 aliphatic heterocycles. The molecule has 9 heteroatoms. The second kappa shape index (κ2) is 11.1. The van der Waals surface area contributed by atoms with E-state index in [1.54, 1.807) is 17.5 Å². The molecule has 2 aromatic rings. The van der Waals surface area contributed by atoms with Crippen molar-refractivity contribution in [3.05, 3.63) is 56.2 Å². The van der Waals surface area contributed by atoms with E-state index < -0.39 is 12.6 Å². The first-order chi connectivity index (χ1) is 14.5. The molecule has 1 fully saturated rings. The number of nitrogens with zero attached hydrogens (tertiary/aromatic N) is 1. The molecule has 1 saturated heterocycles. The van der Waals surface area contributed by atoms with Gasteiger partial charge in [-0.1, -0.05) is 35.3 Å². The van der Waals surface area contributed by atoms with Gasteiger partial charge >= 0.3 is 0 Å². The fourth-order valence-electron chi connectivity index (χ4n) is 3.44. The van der Waals surface area contributed by atoms with Crippen LogP contribution in [0, 0.1) is 5.92 Å². The highest BCUT2D eigenvalue weighted by Crippen LogP contribution is 2.24. The van der Waals surface area contributed by atoms with Gasteiger partial charge in [-0.3, -0.25) is 14.5 Å². The number of piperidine rings is 1. The number of likely N-dealkylation sites (tertiary alicyclic amines) is 1. The Morgan fingerprint density at radius 2 is 1.97 bits per heavy atom. The Labute approximate surface area is 190 Å². The summed E-state index contributed by atoms with van der Waals surface area (Å²) in [5, 5.41) is 17.9. The molecule has 0 spiro atoms. The lowest BCUT2D eigenvalue weighted by Gasteiger charge is -2.32. The lowest BCUT2D eigenvalue weighted by molar-refractivity contribution is -0.124. The third kappa shape index (κ3) is 6.43. The van der Waals surface area contributed by atoms with Crippen LogP contribution < -0.4 is 10.6 Å². The third-order valence-corrected chi connectivity index (χ3v) is 6.82. The van der Waals surface area contributed by atoms with Gasteiger partial charge in [-0.2, -0.15) is 0 Å². The second-order valence-electron chi connectivity index (χ2n) is 7.40. The predicted molar refractivity (Wildman–Crippen MR) is 120 cm³/mol. The standard InChI is InChI=1S/C21H25Cl2N3O3S/c22-16-4-3-15(10-17(16)23)12-26-7-5-14(6-8-26)11-24-20(28)18(13-27)25-21(29)19-2-1-9-30-19/h1-4,9-10,14,18,27H,5-8,11-13H2,(H,24,28)(H,25,29)/t18-/m0/s1. The van der Waals surface area contributed by atoms with Crippen molar-refractivity contribution >= 4 is 46.4 Å². The zero-order valence-electron chi connectivity index (χ0n) is 16.4. The lowest BCUT2D eigenvalue weighted by atomic mass is 9.96. The molecule has 0 saturated carbocycles. The molecule has 1 atom stereocenters. The van der Waals surface area contributed by atoms with E-state index in [4.69, 9.17) is 23.2 Å². The van der Waals surface area contributed by atoms with E-state index in [-0.39, 0.29) is 11.8 Å². The maximum Gasteiger partial charge on any atom is 0.262 e. The van der Waals surface area contributed by atoms with Gasteiger partial charge in [-0.25, -0.2) is 0 Å². The van der Waals surface area contributed by atoms with Gasteiger partial charge in [-0.15, -0.1) is 11.3 Å². The first kappa shape index (κ1) is 23.0. The highest BCUT2D eigenvalue weighted by atomic mass is 35.5. The first-order valence-electron chi connectivity index (χ1n) is 9.85. The van der Waals surface area contributed by atoms with Crippen molar-refractivity contribution < 1.29 is 14.7 Å². The topological polar surface area (TPSA) is 81.7 Å². The van der Waals surface area contributed by atoms with E-state index in [2.05, 4.69) is 15.5 Å². The van der Waals surface area contributed by atoms with Crippen LogP contribution in [-0.4, -0.2) is 54.1 Å². The summed E-state index contributed by atoms with van der Waals surface area (Å²) >= 11 is 13.3. The Morgan fingerprint density at radius 1 is 1.20 bits per heavy atom. The molecule has 2 heterocycles. The first-order valence-corrected chi connectivity index (χ1v) is 11.5. The molecule has 2 amide bonds. The number of benzene rings is 1. The zero-order valence-corrected chi connectivity index (χ0v) is 18.8. The van der Waals surface area contributed by atoms with E-state index in [1.165, 1.54) is 11.3 Å². The zero-order chi connectivity index (χ0) is 21.5. The fourth-order valence-corrected chi connectivity index (χ4v) is 4.39. The monoisotopic (exact) mass is 469 g/mol. The molecule has 0 aliphatic carbocycles. The molecule has 0 bridgehead atoms. The molecule has 1 aliphatic rings. The number of amides is 2. The number of nitrogens with one attached hydrogen (secondary N) is 2. The smallest absolute Gasteiger partial charge is 0.262 e. The van der Waals surface area contributed by atoms with Gasteiger partial charge in [0, 0.05) is 13.1 Å². The second-order valence-corrected chi connectivity index (χ2v) is 9.16. The fraction of sp³-hybridized carbons (Fsp3) is 0.429. The van der Waals surface area contributed by atoms with E-state index >= 15 is 0 Å². The number of thiophene rings is 1. The van der Waals surface area contributed by atoms with Crippen LogP contribution in [0.5, 0.6) is 0 Å². The Kier molecular flexibility index (Phi) is 8.53. The van der Waals surface area contributed by atoms with Crippen LogP contribution in [0.25, 0.3) is 0 Å². The van der Waals surface area contributed by atoms with Crippen LogP contribution >= 0.6 is 34.5 Å². The minimum absolute atomic E-state index is 0.352. The SMILES string of the molecule is O=C(N[C@@H](CO)C(=O)NCC1CCN(Cc2ccc(Cl)c(Cl)c2)CC1)c1cccs1. The summed E-state index contributed by atoms with van der Waals surface area (Å²) in [6.45, 7) is 2.77. The molecule has 0 unspecified atom stereocenters. The van der Waals surface area contributed by atoms with Crippen molar-refractivity contribution in [1.82, 2.24) is 15.5 Å². The van der Waals surface area contributed by atoms with Crippen LogP contribution in [0.15, 0.2) is 35.7 Å². The van der Waals surface area contributed by atoms with Gasteiger partial charge in [0.15, 0.2) is 0 Å². The van der Waals surface area contributed by atoms with Crippen molar-refractivity contribution in [2.75, 3.05) is 26.2 Å². The van der Waals surface area contributed by atoms with Crippen LogP contribution in [-0.2, 0) is 11.3 Å². The Hall–Kier alpha value is -1.64. The molecule has 3 N–H and O–H groups in total. The van der Waals surface area contributed by atoms with Crippen molar-refractivity contribution in [3.63, 3.8) is 0 Å². The van der Waals surface area contributed by atoms with E-state index in [1.807, 2.05) is 18.2 Å². The highest BCUT2D eigenvalue weighted by Gasteiger charge is 2.24. The van der Waals surface area contributed by atoms with Crippen molar-refractivity contribution in [3.8, 4) is 0 Å². The van der Waals surface area contributed by atoms with Crippen molar-refractivity contribution in [2.24, 2.45) is 5.92 Å². The summed E-state index contributed by atoms with van der Waals surface area (Å²) in [5.41, 5.74) is 1.13. The largest absolute Gasteiger partial charge is 0.394 e. The van der Waals surface area contributed by atoms with Gasteiger partial charge < -0.3 is 15.7 Å². The maximum atomic E-state index is 12.4. The Morgan fingerprint density at radius 3 is 2.60 bits per heavy atom. The summed E-state index contributed by atoms with van der Waals surface area (Å²) < 4.78 is 0. The van der Waals surface area contributed by atoms with Gasteiger partial charge in [0.25, 0.3) is 5.91 Å². The summed E-state index contributed by atoms with van der Waals surface area (Å²) in [6.07, 6.45) is 1.93. The molecule has 162 valence electrons. The highest BCUT2D eigenvalue weighted by molar-refractivity contribution is 7.12. The normalized spacial score (nSPS) is 16.2. The minimum atomic E-state index is -0.950. The molecule has 1 aromatic heterocycles. The number of aliphatic hydroxyl groups is 1. The molecule has 6 nitrogen and oxygen atoms in total. The summed E-state index contributed by atoms with van der Waals surface area (Å²) in [7, 11) is 0. The molecule has 3 rings (SSSR count). The number of hydrogen-bond acceptors (Lipinski definition) is 5. The van der Waals surface area contributed by atoms with Crippen molar-refractivity contribution in [2.45, 2.75) is 25.4 Å². The molecule has 30 heavy (non-hydrogen) atoms. The predicted octanol–water partition coefficient (Wildman–Crippen LogP) is 3.17. The van der Waals surface area contributed by atoms with E-state index in [0.29, 0.717) is 27.4 Å². The van der Waals surface area contributed by atoms with Crippen LogP contribution in [0.3, 0.4) is 0 Å². The summed E-state index contributed by atoms with van der Waals surface area (Å²) in [6, 6.07) is 8.19. The number of carbonyl (C=O) groups excluding carboxylic acids is 2. The van der Waals surface area contributed by atoms with Gasteiger partial charge in [0.05, 0.1) is 21.5 Å². The average Bonchev–Trinajstić information content (AvgIpc) is 3.29. The number of aliphatic hydroxyl groups excluding tert-OH is 1. The summed E-state index contributed by atoms with van der Waals surface area (Å²) in [4.78, 5) is 27.3. The Bertz CT molecular complexity index is 855. The molecule has 1 aromatic carbocycles. The van der Waals surface area contributed by atoms with Crippen LogP contribution in [0.4, 0.5) is 0 Å². The summed E-state index contributed by atoms with van der Waals surface area (Å²) in [5.74, 6) is -0.346. The minimum Gasteiger partial charge on any atom is -0.394 e. The van der Waals surface area contributed by atoms with Gasteiger partial charge in [0.2, 0.25) is 5.91 Å². The average molecular weight is 470 g/mol. The van der Waals surface area contributed by atoms with E-state index in [0.717, 1.165) is 38.0 Å². The quantitative estimate of drug-likeness (QED) is 0.554. The number of hydrogen-bond donors (Lipinski definition) is 3. The lowest BCUT2D eigenvalue weighted by Crippen LogP contribution is -2.50.